The van der Waals surface area contributed by atoms with Gasteiger partial charge in [0.25, 0.3) is 0 Å². The lowest BCUT2D eigenvalue weighted by Crippen LogP contribution is -2.40. The highest BCUT2D eigenvalue weighted by atomic mass is 16.2. The Morgan fingerprint density at radius 1 is 1.22 bits per heavy atom. The highest BCUT2D eigenvalue weighted by molar-refractivity contribution is 5.79. The van der Waals surface area contributed by atoms with Gasteiger partial charge in [0.1, 0.15) is 0 Å². The van der Waals surface area contributed by atoms with E-state index in [4.69, 9.17) is 0 Å². The molecule has 3 aliphatic rings. The molecule has 5 heteroatoms. The van der Waals surface area contributed by atoms with Crippen LogP contribution in [0.1, 0.15) is 42.9 Å². The van der Waals surface area contributed by atoms with E-state index in [0.29, 0.717) is 19.0 Å². The summed E-state index contributed by atoms with van der Waals surface area (Å²) in [6, 6.07) is 8.76. The Morgan fingerprint density at radius 2 is 2.04 bits per heavy atom. The Kier molecular flexibility index (Phi) is 3.71. The van der Waals surface area contributed by atoms with Crippen LogP contribution in [0.3, 0.4) is 0 Å². The van der Waals surface area contributed by atoms with Crippen molar-refractivity contribution in [3.05, 3.63) is 35.4 Å². The average Bonchev–Trinajstić information content (AvgIpc) is 3.22. The van der Waals surface area contributed by atoms with Crippen molar-refractivity contribution in [1.29, 1.82) is 0 Å². The maximum absolute atomic E-state index is 12.2. The molecule has 1 heterocycles. The quantitative estimate of drug-likeness (QED) is 0.893. The maximum Gasteiger partial charge on any atom is 0.315 e. The molecule has 3 amide bonds. The average molecular weight is 313 g/mol. The molecule has 0 radical (unpaired) electrons. The normalized spacial score (nSPS) is 26.3. The van der Waals surface area contributed by atoms with E-state index in [1.807, 2.05) is 17.0 Å². The number of benzene rings is 1. The van der Waals surface area contributed by atoms with E-state index in [1.165, 1.54) is 11.1 Å². The second kappa shape index (κ2) is 5.87. The van der Waals surface area contributed by atoms with E-state index < -0.39 is 0 Å². The summed E-state index contributed by atoms with van der Waals surface area (Å²) in [7, 11) is 0. The van der Waals surface area contributed by atoms with E-state index in [2.05, 4.69) is 22.8 Å². The van der Waals surface area contributed by atoms with E-state index in [9.17, 15) is 9.59 Å². The molecule has 2 fully saturated rings. The van der Waals surface area contributed by atoms with Gasteiger partial charge in [-0.25, -0.2) is 4.79 Å². The third-order valence-corrected chi connectivity index (χ3v) is 5.22. The number of amides is 3. The van der Waals surface area contributed by atoms with Crippen LogP contribution in [0.25, 0.3) is 0 Å². The zero-order valence-corrected chi connectivity index (χ0v) is 13.3. The molecule has 0 bridgehead atoms. The molecule has 1 aromatic rings. The second-order valence-corrected chi connectivity index (χ2v) is 6.99. The fourth-order valence-electron chi connectivity index (χ4n) is 3.84. The smallest absolute Gasteiger partial charge is 0.315 e. The van der Waals surface area contributed by atoms with Crippen LogP contribution in [0.4, 0.5) is 4.79 Å². The fourth-order valence-corrected chi connectivity index (χ4v) is 3.84. The summed E-state index contributed by atoms with van der Waals surface area (Å²) in [6.07, 6.45) is 4.85. The predicted molar refractivity (Wildman–Crippen MR) is 86.9 cm³/mol. The van der Waals surface area contributed by atoms with Crippen LogP contribution in [-0.4, -0.2) is 36.0 Å². The van der Waals surface area contributed by atoms with Crippen molar-refractivity contribution < 1.29 is 9.59 Å². The van der Waals surface area contributed by atoms with Gasteiger partial charge in [-0.15, -0.1) is 0 Å². The van der Waals surface area contributed by atoms with Gasteiger partial charge < -0.3 is 15.5 Å². The molecule has 1 saturated carbocycles. The first-order valence-electron chi connectivity index (χ1n) is 8.62. The van der Waals surface area contributed by atoms with Crippen LogP contribution >= 0.6 is 0 Å². The largest absolute Gasteiger partial charge is 0.339 e. The van der Waals surface area contributed by atoms with Crippen molar-refractivity contribution >= 4 is 11.9 Å². The standard InChI is InChI=1S/C18H23N3O2/c22-17-9-12(11-21(17)14-6-7-14)10-19-18(23)20-16-8-5-13-3-1-2-4-15(13)16/h1-4,12,14,16H,5-11H2,(H2,19,20,23)/t12-,16-/m0/s1. The minimum absolute atomic E-state index is 0.111. The van der Waals surface area contributed by atoms with Crippen LogP contribution in [0, 0.1) is 5.92 Å². The van der Waals surface area contributed by atoms with E-state index in [-0.39, 0.29) is 23.9 Å². The highest BCUT2D eigenvalue weighted by Gasteiger charge is 2.39. The number of nitrogens with one attached hydrogen (secondary N) is 2. The third-order valence-electron chi connectivity index (χ3n) is 5.22. The molecule has 2 aliphatic carbocycles. The van der Waals surface area contributed by atoms with Crippen molar-refractivity contribution in [2.24, 2.45) is 5.92 Å². The second-order valence-electron chi connectivity index (χ2n) is 6.99. The number of hydrogen-bond donors (Lipinski definition) is 2. The fraction of sp³-hybridized carbons (Fsp3) is 0.556. The molecule has 0 aromatic heterocycles. The van der Waals surface area contributed by atoms with Gasteiger partial charge in [0.05, 0.1) is 6.04 Å². The van der Waals surface area contributed by atoms with Gasteiger partial charge in [0, 0.05) is 31.5 Å². The number of carbonyl (C=O) groups excluding carboxylic acids is 2. The summed E-state index contributed by atoms with van der Waals surface area (Å²) in [4.78, 5) is 26.1. The summed E-state index contributed by atoms with van der Waals surface area (Å²) in [5, 5.41) is 6.02. The lowest BCUT2D eigenvalue weighted by Gasteiger charge is -2.17. The van der Waals surface area contributed by atoms with Crippen LogP contribution in [0.2, 0.25) is 0 Å². The summed E-state index contributed by atoms with van der Waals surface area (Å²) >= 11 is 0. The molecule has 2 atom stereocenters. The number of hydrogen-bond acceptors (Lipinski definition) is 2. The number of nitrogens with zero attached hydrogens (tertiary/aromatic N) is 1. The molecule has 1 aromatic carbocycles. The molecular weight excluding hydrogens is 290 g/mol. The zero-order chi connectivity index (χ0) is 15.8. The number of rotatable bonds is 4. The van der Waals surface area contributed by atoms with E-state index >= 15 is 0 Å². The Bertz CT molecular complexity index is 626. The van der Waals surface area contributed by atoms with Gasteiger partial charge in [-0.1, -0.05) is 24.3 Å². The topological polar surface area (TPSA) is 61.4 Å². The van der Waals surface area contributed by atoms with Crippen molar-refractivity contribution in [2.45, 2.75) is 44.2 Å². The number of likely N-dealkylation sites (tertiary alicyclic amines) is 1. The van der Waals surface area contributed by atoms with Gasteiger partial charge >= 0.3 is 6.03 Å². The Hall–Kier alpha value is -2.04. The van der Waals surface area contributed by atoms with Gasteiger partial charge in [0.15, 0.2) is 0 Å². The monoisotopic (exact) mass is 313 g/mol. The predicted octanol–water partition coefficient (Wildman–Crippen LogP) is 1.98. The molecule has 2 N–H and O–H groups in total. The molecule has 4 rings (SSSR count). The highest BCUT2D eigenvalue weighted by Crippen LogP contribution is 2.32. The first kappa shape index (κ1) is 14.5. The summed E-state index contributed by atoms with van der Waals surface area (Å²) in [6.45, 7) is 1.38. The van der Waals surface area contributed by atoms with Crippen LogP contribution in [0.5, 0.6) is 0 Å². The summed E-state index contributed by atoms with van der Waals surface area (Å²) in [5.74, 6) is 0.508. The van der Waals surface area contributed by atoms with E-state index in [1.54, 1.807) is 0 Å². The number of urea groups is 1. The van der Waals surface area contributed by atoms with Gasteiger partial charge in [-0.05, 0) is 36.8 Å². The van der Waals surface area contributed by atoms with E-state index in [0.717, 1.165) is 32.2 Å². The number of fused-ring (bicyclic) bond motifs is 1. The maximum atomic E-state index is 12.2. The third kappa shape index (κ3) is 3.05. The Balaban J connectivity index is 1.26. The molecule has 0 spiro atoms. The molecule has 5 nitrogen and oxygen atoms in total. The Morgan fingerprint density at radius 3 is 2.87 bits per heavy atom. The SMILES string of the molecule is O=C(NC[C@@H]1CC(=O)N(C2CC2)C1)N[C@H]1CCc2ccccc21. The van der Waals surface area contributed by atoms with Crippen LogP contribution in [0.15, 0.2) is 24.3 Å². The molecule has 122 valence electrons. The van der Waals surface area contributed by atoms with Crippen LogP contribution < -0.4 is 10.6 Å². The molecule has 0 unspecified atom stereocenters. The van der Waals surface area contributed by atoms with Crippen molar-refractivity contribution in [3.63, 3.8) is 0 Å². The molecule has 1 saturated heterocycles. The number of carbonyl (C=O) groups is 2. The van der Waals surface area contributed by atoms with Gasteiger partial charge in [0.2, 0.25) is 5.91 Å². The zero-order valence-electron chi connectivity index (χ0n) is 13.3. The Labute approximate surface area is 136 Å². The van der Waals surface area contributed by atoms with Gasteiger partial charge in [-0.2, -0.15) is 0 Å². The lowest BCUT2D eigenvalue weighted by molar-refractivity contribution is -0.128. The first-order chi connectivity index (χ1) is 11.2. The number of aryl methyl sites for hydroxylation is 1. The minimum atomic E-state index is -0.121. The van der Waals surface area contributed by atoms with Crippen molar-refractivity contribution in [3.8, 4) is 0 Å². The molecular formula is C18H23N3O2. The van der Waals surface area contributed by atoms with Gasteiger partial charge in [-0.3, -0.25) is 4.79 Å². The minimum Gasteiger partial charge on any atom is -0.339 e. The van der Waals surface area contributed by atoms with Crippen molar-refractivity contribution in [2.75, 3.05) is 13.1 Å². The first-order valence-corrected chi connectivity index (χ1v) is 8.62. The van der Waals surface area contributed by atoms with Crippen LogP contribution in [-0.2, 0) is 11.2 Å². The summed E-state index contributed by atoms with van der Waals surface area (Å²) < 4.78 is 0. The lowest BCUT2D eigenvalue weighted by atomic mass is 10.1. The molecule has 1 aliphatic heterocycles. The molecule has 23 heavy (non-hydrogen) atoms. The summed E-state index contributed by atoms with van der Waals surface area (Å²) in [5.41, 5.74) is 2.57. The van der Waals surface area contributed by atoms with Crippen molar-refractivity contribution in [1.82, 2.24) is 15.5 Å².